The van der Waals surface area contributed by atoms with E-state index in [1.165, 1.54) is 6.92 Å². The number of nitrogens with zero attached hydrogens (tertiary/aromatic N) is 3. The normalized spacial score (nSPS) is 15.9. The van der Waals surface area contributed by atoms with Crippen LogP contribution in [0.4, 0.5) is 11.6 Å². The number of anilines is 2. The maximum Gasteiger partial charge on any atom is 0.347 e. The SMILES string of the molecule is CC(=O)c1c(C2CNCCO2)c2ccc(Nc3nccc(-c4ccc5scnc5c4)n3)cc2oc1=O. The number of aromatic nitrogens is 3. The van der Waals surface area contributed by atoms with Gasteiger partial charge < -0.3 is 19.8 Å². The first-order valence-corrected chi connectivity index (χ1v) is 12.3. The molecule has 1 atom stereocenters. The third-order valence-corrected chi connectivity index (χ3v) is 6.90. The molecular formula is C26H21N5O4S. The number of benzene rings is 2. The van der Waals surface area contributed by atoms with Crippen LogP contribution in [-0.2, 0) is 4.74 Å². The van der Waals surface area contributed by atoms with E-state index < -0.39 is 11.7 Å². The van der Waals surface area contributed by atoms with Gasteiger partial charge in [0.2, 0.25) is 5.95 Å². The van der Waals surface area contributed by atoms with Crippen molar-refractivity contribution in [3.05, 3.63) is 75.7 Å². The number of rotatable bonds is 5. The van der Waals surface area contributed by atoms with Gasteiger partial charge in [0.15, 0.2) is 5.78 Å². The Balaban J connectivity index is 1.36. The number of morpholine rings is 1. The lowest BCUT2D eigenvalue weighted by atomic mass is 9.96. The minimum absolute atomic E-state index is 0.0324. The van der Waals surface area contributed by atoms with Crippen LogP contribution in [0.5, 0.6) is 0 Å². The molecule has 1 aliphatic heterocycles. The van der Waals surface area contributed by atoms with E-state index in [-0.39, 0.29) is 11.3 Å². The molecule has 10 heteroatoms. The third-order valence-electron chi connectivity index (χ3n) is 6.09. The highest BCUT2D eigenvalue weighted by Gasteiger charge is 2.27. The molecule has 5 aromatic rings. The molecule has 9 nitrogen and oxygen atoms in total. The van der Waals surface area contributed by atoms with Crippen molar-refractivity contribution in [3.8, 4) is 11.3 Å². The number of Topliss-reactive ketones (excluding diaryl/α,β-unsaturated/α-hetero) is 1. The summed E-state index contributed by atoms with van der Waals surface area (Å²) >= 11 is 1.59. The maximum absolute atomic E-state index is 12.8. The zero-order valence-corrected chi connectivity index (χ0v) is 20.1. The molecule has 2 aromatic carbocycles. The van der Waals surface area contributed by atoms with Gasteiger partial charge >= 0.3 is 5.63 Å². The molecule has 0 spiro atoms. The molecule has 6 rings (SSSR count). The van der Waals surface area contributed by atoms with Gasteiger partial charge in [-0.15, -0.1) is 11.3 Å². The molecule has 0 radical (unpaired) electrons. The monoisotopic (exact) mass is 499 g/mol. The summed E-state index contributed by atoms with van der Waals surface area (Å²) in [5.74, 6) is 0.0473. The molecule has 180 valence electrons. The average molecular weight is 500 g/mol. The highest BCUT2D eigenvalue weighted by atomic mass is 32.1. The van der Waals surface area contributed by atoms with Crippen molar-refractivity contribution in [2.75, 3.05) is 25.0 Å². The molecule has 0 saturated carbocycles. The van der Waals surface area contributed by atoms with Gasteiger partial charge in [-0.3, -0.25) is 4.79 Å². The molecule has 1 fully saturated rings. The van der Waals surface area contributed by atoms with Gasteiger partial charge in [0.05, 0.1) is 34.1 Å². The number of thiazole rings is 1. The average Bonchev–Trinajstić information content (AvgIpc) is 3.36. The Kier molecular flexibility index (Phi) is 5.76. The molecule has 4 heterocycles. The van der Waals surface area contributed by atoms with Gasteiger partial charge in [-0.05, 0) is 37.3 Å². The molecule has 36 heavy (non-hydrogen) atoms. The second-order valence-corrected chi connectivity index (χ2v) is 9.32. The van der Waals surface area contributed by atoms with Crippen molar-refractivity contribution in [1.29, 1.82) is 0 Å². The van der Waals surface area contributed by atoms with Gasteiger partial charge in [0, 0.05) is 47.6 Å². The fourth-order valence-electron chi connectivity index (χ4n) is 4.45. The van der Waals surface area contributed by atoms with E-state index in [0.717, 1.165) is 28.0 Å². The van der Waals surface area contributed by atoms with E-state index in [1.54, 1.807) is 23.6 Å². The summed E-state index contributed by atoms with van der Waals surface area (Å²) in [6.45, 7) is 3.08. The van der Waals surface area contributed by atoms with E-state index >= 15 is 0 Å². The van der Waals surface area contributed by atoms with Gasteiger partial charge in [0.25, 0.3) is 0 Å². The molecular weight excluding hydrogens is 478 g/mol. The Morgan fingerprint density at radius 2 is 2.08 bits per heavy atom. The molecule has 1 aliphatic rings. The van der Waals surface area contributed by atoms with E-state index in [2.05, 4.69) is 25.6 Å². The quantitative estimate of drug-likeness (QED) is 0.267. The summed E-state index contributed by atoms with van der Waals surface area (Å²) in [4.78, 5) is 38.4. The lowest BCUT2D eigenvalue weighted by molar-refractivity contribution is 0.0277. The molecule has 1 unspecified atom stereocenters. The van der Waals surface area contributed by atoms with Crippen LogP contribution in [-0.4, -0.2) is 40.4 Å². The Hall–Kier alpha value is -3.99. The first kappa shape index (κ1) is 22.5. The summed E-state index contributed by atoms with van der Waals surface area (Å²) in [6.07, 6.45) is 1.26. The number of hydrogen-bond acceptors (Lipinski definition) is 10. The van der Waals surface area contributed by atoms with Crippen LogP contribution in [0.3, 0.4) is 0 Å². The molecule has 0 aliphatic carbocycles. The van der Waals surface area contributed by atoms with Crippen molar-refractivity contribution in [2.45, 2.75) is 13.0 Å². The van der Waals surface area contributed by atoms with Crippen molar-refractivity contribution < 1.29 is 13.9 Å². The van der Waals surface area contributed by atoms with E-state index in [0.29, 0.717) is 41.3 Å². The first-order chi connectivity index (χ1) is 17.6. The summed E-state index contributed by atoms with van der Waals surface area (Å²) in [5, 5.41) is 7.10. The number of ether oxygens (including phenoxy) is 1. The van der Waals surface area contributed by atoms with Crippen LogP contribution in [0.15, 0.2) is 63.4 Å². The molecule has 0 amide bonds. The van der Waals surface area contributed by atoms with Crippen molar-refractivity contribution in [2.24, 2.45) is 0 Å². The Labute approximate surface area is 209 Å². The fraction of sp³-hybridized carbons (Fsp3) is 0.192. The van der Waals surface area contributed by atoms with Gasteiger partial charge in [-0.25, -0.2) is 19.7 Å². The van der Waals surface area contributed by atoms with Crippen LogP contribution < -0.4 is 16.3 Å². The largest absolute Gasteiger partial charge is 0.422 e. The van der Waals surface area contributed by atoms with Gasteiger partial charge in [0.1, 0.15) is 11.1 Å². The Bertz CT molecular complexity index is 1670. The predicted molar refractivity (Wildman–Crippen MR) is 138 cm³/mol. The Morgan fingerprint density at radius 3 is 2.92 bits per heavy atom. The third kappa shape index (κ3) is 4.15. The Morgan fingerprint density at radius 1 is 1.17 bits per heavy atom. The molecule has 3 aromatic heterocycles. The molecule has 2 N–H and O–H groups in total. The molecule has 0 bridgehead atoms. The number of hydrogen-bond donors (Lipinski definition) is 2. The number of carbonyl (C=O) groups excluding carboxylic acids is 1. The van der Waals surface area contributed by atoms with Crippen molar-refractivity contribution in [1.82, 2.24) is 20.3 Å². The standard InChI is InChI=1S/C26H21N5O4S/c1-14(32)23-24(21-12-27-8-9-34-21)17-4-3-16(11-20(17)35-25(23)33)30-26-28-7-6-18(31-26)15-2-5-22-19(10-15)29-13-36-22/h2-7,10-11,13,21,27H,8-9,12H2,1H3,(H,28,30,31). The van der Waals surface area contributed by atoms with Crippen LogP contribution in [0.2, 0.25) is 0 Å². The van der Waals surface area contributed by atoms with Crippen LogP contribution in [0.1, 0.15) is 28.9 Å². The summed E-state index contributed by atoms with van der Waals surface area (Å²) in [7, 11) is 0. The minimum Gasteiger partial charge on any atom is -0.422 e. The summed E-state index contributed by atoms with van der Waals surface area (Å²) in [5.41, 5.74) is 5.34. The van der Waals surface area contributed by atoms with Crippen LogP contribution in [0.25, 0.3) is 32.4 Å². The zero-order valence-electron chi connectivity index (χ0n) is 19.3. The lowest BCUT2D eigenvalue weighted by Crippen LogP contribution is -2.35. The summed E-state index contributed by atoms with van der Waals surface area (Å²) < 4.78 is 12.6. The maximum atomic E-state index is 12.8. The number of carbonyl (C=O) groups is 1. The van der Waals surface area contributed by atoms with Gasteiger partial charge in [-0.2, -0.15) is 0 Å². The van der Waals surface area contributed by atoms with Crippen molar-refractivity contribution in [3.63, 3.8) is 0 Å². The summed E-state index contributed by atoms with van der Waals surface area (Å²) in [6, 6.07) is 13.2. The number of nitrogens with one attached hydrogen (secondary N) is 2. The highest BCUT2D eigenvalue weighted by Crippen LogP contribution is 2.32. The number of fused-ring (bicyclic) bond motifs is 2. The fourth-order valence-corrected chi connectivity index (χ4v) is 5.11. The van der Waals surface area contributed by atoms with E-state index in [1.807, 2.05) is 41.9 Å². The van der Waals surface area contributed by atoms with Crippen LogP contribution >= 0.6 is 11.3 Å². The number of ketones is 1. The smallest absolute Gasteiger partial charge is 0.347 e. The van der Waals surface area contributed by atoms with Gasteiger partial charge in [-0.1, -0.05) is 6.07 Å². The highest BCUT2D eigenvalue weighted by molar-refractivity contribution is 7.16. The van der Waals surface area contributed by atoms with E-state index in [4.69, 9.17) is 9.15 Å². The lowest BCUT2D eigenvalue weighted by Gasteiger charge is -2.26. The van der Waals surface area contributed by atoms with Crippen molar-refractivity contribution >= 4 is 49.9 Å². The second kappa shape index (κ2) is 9.23. The first-order valence-electron chi connectivity index (χ1n) is 11.4. The topological polar surface area (TPSA) is 119 Å². The second-order valence-electron chi connectivity index (χ2n) is 8.43. The predicted octanol–water partition coefficient (Wildman–Crippen LogP) is 4.47. The molecule has 1 saturated heterocycles. The minimum atomic E-state index is -0.674. The zero-order chi connectivity index (χ0) is 24.6. The van der Waals surface area contributed by atoms with Crippen LogP contribution in [0, 0.1) is 0 Å². The van der Waals surface area contributed by atoms with E-state index in [9.17, 15) is 9.59 Å².